The molecule has 0 aliphatic carbocycles. The van der Waals surface area contributed by atoms with E-state index >= 15 is 0 Å². The standard InChI is InChI=1S/C14H10ClN3O/c15-10-6-12(16)14(18-8-10)19-11-4-3-9-2-1-5-17-13(9)7-11/h1-8H,16H2. The predicted molar refractivity (Wildman–Crippen MR) is 75.5 cm³/mol. The van der Waals surface area contributed by atoms with E-state index in [0.29, 0.717) is 22.3 Å². The van der Waals surface area contributed by atoms with E-state index in [1.807, 2.05) is 30.3 Å². The Morgan fingerprint density at radius 1 is 1.11 bits per heavy atom. The molecule has 0 saturated heterocycles. The third-order valence-corrected chi connectivity index (χ3v) is 2.84. The number of hydrogen-bond donors (Lipinski definition) is 1. The van der Waals surface area contributed by atoms with Crippen LogP contribution in [0.3, 0.4) is 0 Å². The van der Waals surface area contributed by atoms with Crippen molar-refractivity contribution in [1.82, 2.24) is 9.97 Å². The van der Waals surface area contributed by atoms with Crippen molar-refractivity contribution in [3.05, 3.63) is 53.8 Å². The van der Waals surface area contributed by atoms with E-state index in [-0.39, 0.29) is 0 Å². The van der Waals surface area contributed by atoms with Crippen LogP contribution >= 0.6 is 11.6 Å². The highest BCUT2D eigenvalue weighted by molar-refractivity contribution is 6.30. The lowest BCUT2D eigenvalue weighted by molar-refractivity contribution is 0.466. The molecule has 0 aliphatic rings. The smallest absolute Gasteiger partial charge is 0.242 e. The van der Waals surface area contributed by atoms with Crippen LogP contribution < -0.4 is 10.5 Å². The van der Waals surface area contributed by atoms with Gasteiger partial charge in [-0.25, -0.2) is 4.98 Å². The van der Waals surface area contributed by atoms with Gasteiger partial charge in [0.25, 0.3) is 0 Å². The summed E-state index contributed by atoms with van der Waals surface area (Å²) in [4.78, 5) is 8.32. The average molecular weight is 272 g/mol. The van der Waals surface area contributed by atoms with Gasteiger partial charge in [-0.1, -0.05) is 17.7 Å². The second kappa shape index (κ2) is 4.74. The third kappa shape index (κ3) is 2.44. The van der Waals surface area contributed by atoms with E-state index < -0.39 is 0 Å². The van der Waals surface area contributed by atoms with E-state index in [9.17, 15) is 0 Å². The molecule has 0 atom stereocenters. The highest BCUT2D eigenvalue weighted by Gasteiger charge is 2.05. The summed E-state index contributed by atoms with van der Waals surface area (Å²) in [6.45, 7) is 0. The van der Waals surface area contributed by atoms with E-state index in [4.69, 9.17) is 22.1 Å². The summed E-state index contributed by atoms with van der Waals surface area (Å²) in [6.07, 6.45) is 3.23. The summed E-state index contributed by atoms with van der Waals surface area (Å²) >= 11 is 5.79. The van der Waals surface area contributed by atoms with Crippen LogP contribution in [0.25, 0.3) is 10.9 Å². The molecule has 1 aromatic carbocycles. The first-order valence-corrected chi connectivity index (χ1v) is 6.04. The highest BCUT2D eigenvalue weighted by Crippen LogP contribution is 2.28. The number of benzene rings is 1. The first kappa shape index (κ1) is 11.7. The van der Waals surface area contributed by atoms with Crippen LogP contribution in [0, 0.1) is 0 Å². The monoisotopic (exact) mass is 271 g/mol. The van der Waals surface area contributed by atoms with Crippen molar-refractivity contribution in [3.63, 3.8) is 0 Å². The molecule has 0 spiro atoms. The summed E-state index contributed by atoms with van der Waals surface area (Å²) < 4.78 is 5.64. The van der Waals surface area contributed by atoms with Crippen molar-refractivity contribution in [2.24, 2.45) is 0 Å². The van der Waals surface area contributed by atoms with Gasteiger partial charge >= 0.3 is 0 Å². The quantitative estimate of drug-likeness (QED) is 0.773. The minimum Gasteiger partial charge on any atom is -0.437 e. The Morgan fingerprint density at radius 2 is 2.00 bits per heavy atom. The van der Waals surface area contributed by atoms with Crippen LogP contribution in [0.5, 0.6) is 11.6 Å². The fraction of sp³-hybridized carbons (Fsp3) is 0. The maximum absolute atomic E-state index is 5.79. The zero-order valence-corrected chi connectivity index (χ0v) is 10.6. The highest BCUT2D eigenvalue weighted by atomic mass is 35.5. The van der Waals surface area contributed by atoms with Crippen LogP contribution in [-0.2, 0) is 0 Å². The van der Waals surface area contributed by atoms with Crippen LogP contribution in [0.15, 0.2) is 48.8 Å². The molecule has 94 valence electrons. The molecule has 0 bridgehead atoms. The molecular weight excluding hydrogens is 262 g/mol. The number of halogens is 1. The second-order valence-electron chi connectivity index (χ2n) is 4.01. The van der Waals surface area contributed by atoms with E-state index in [0.717, 1.165) is 10.9 Å². The number of nitrogens with zero attached hydrogens (tertiary/aromatic N) is 2. The van der Waals surface area contributed by atoms with Crippen LogP contribution in [0.2, 0.25) is 5.02 Å². The largest absolute Gasteiger partial charge is 0.437 e. The number of rotatable bonds is 2. The molecule has 4 nitrogen and oxygen atoms in total. The van der Waals surface area contributed by atoms with Gasteiger partial charge in [0.05, 0.1) is 16.2 Å². The van der Waals surface area contributed by atoms with Gasteiger partial charge in [-0.3, -0.25) is 4.98 Å². The molecular formula is C14H10ClN3O. The molecule has 5 heteroatoms. The van der Waals surface area contributed by atoms with E-state index in [1.54, 1.807) is 12.3 Å². The van der Waals surface area contributed by atoms with Crippen molar-refractivity contribution in [2.75, 3.05) is 5.73 Å². The fourth-order valence-corrected chi connectivity index (χ4v) is 1.92. The normalized spacial score (nSPS) is 10.6. The molecule has 0 unspecified atom stereocenters. The Kier molecular flexibility index (Phi) is 2.93. The number of anilines is 1. The fourth-order valence-electron chi connectivity index (χ4n) is 1.75. The number of fused-ring (bicyclic) bond motifs is 1. The van der Waals surface area contributed by atoms with Crippen LogP contribution in [0.1, 0.15) is 0 Å². The molecule has 0 saturated carbocycles. The van der Waals surface area contributed by atoms with E-state index in [2.05, 4.69) is 9.97 Å². The van der Waals surface area contributed by atoms with Gasteiger partial charge in [-0.2, -0.15) is 0 Å². The number of ether oxygens (including phenoxy) is 1. The van der Waals surface area contributed by atoms with Crippen molar-refractivity contribution in [3.8, 4) is 11.6 Å². The van der Waals surface area contributed by atoms with Crippen molar-refractivity contribution in [1.29, 1.82) is 0 Å². The van der Waals surface area contributed by atoms with Gasteiger partial charge in [0.1, 0.15) is 5.75 Å². The zero-order chi connectivity index (χ0) is 13.2. The first-order valence-electron chi connectivity index (χ1n) is 5.66. The lowest BCUT2D eigenvalue weighted by Crippen LogP contribution is -1.95. The van der Waals surface area contributed by atoms with Gasteiger partial charge in [0, 0.05) is 23.8 Å². The Balaban J connectivity index is 1.96. The lowest BCUT2D eigenvalue weighted by atomic mass is 10.2. The molecule has 2 aromatic heterocycles. The third-order valence-electron chi connectivity index (χ3n) is 2.64. The molecule has 0 amide bonds. The molecule has 3 aromatic rings. The van der Waals surface area contributed by atoms with Crippen LogP contribution in [0.4, 0.5) is 5.69 Å². The molecule has 19 heavy (non-hydrogen) atoms. The van der Waals surface area contributed by atoms with E-state index in [1.165, 1.54) is 6.20 Å². The van der Waals surface area contributed by atoms with Crippen molar-refractivity contribution in [2.45, 2.75) is 0 Å². The predicted octanol–water partition coefficient (Wildman–Crippen LogP) is 3.66. The summed E-state index contributed by atoms with van der Waals surface area (Å²) in [5.41, 5.74) is 7.05. The maximum atomic E-state index is 5.79. The summed E-state index contributed by atoms with van der Waals surface area (Å²) in [7, 11) is 0. The second-order valence-corrected chi connectivity index (χ2v) is 4.44. The molecule has 2 N–H and O–H groups in total. The van der Waals surface area contributed by atoms with Crippen molar-refractivity contribution < 1.29 is 4.74 Å². The Bertz CT molecular complexity index is 746. The van der Waals surface area contributed by atoms with Gasteiger partial charge in [0.15, 0.2) is 0 Å². The average Bonchev–Trinajstić information content (AvgIpc) is 2.42. The summed E-state index contributed by atoms with van der Waals surface area (Å²) in [6, 6.07) is 11.1. The minimum absolute atomic E-state index is 0.333. The summed E-state index contributed by atoms with van der Waals surface area (Å²) in [5, 5.41) is 1.52. The Hall–Kier alpha value is -2.33. The lowest BCUT2D eigenvalue weighted by Gasteiger charge is -2.07. The molecule has 0 aliphatic heterocycles. The zero-order valence-electron chi connectivity index (χ0n) is 9.88. The Labute approximate surface area is 114 Å². The van der Waals surface area contributed by atoms with Crippen molar-refractivity contribution >= 4 is 28.2 Å². The molecule has 3 rings (SSSR count). The SMILES string of the molecule is Nc1cc(Cl)cnc1Oc1ccc2cccnc2c1. The topological polar surface area (TPSA) is 61.0 Å². The number of nitrogen functional groups attached to an aromatic ring is 1. The molecule has 2 heterocycles. The van der Waals surface area contributed by atoms with Gasteiger partial charge < -0.3 is 10.5 Å². The first-order chi connectivity index (χ1) is 9.22. The summed E-state index contributed by atoms with van der Waals surface area (Å²) in [5.74, 6) is 0.965. The van der Waals surface area contributed by atoms with Gasteiger partial charge in [-0.15, -0.1) is 0 Å². The number of nitrogens with two attached hydrogens (primary N) is 1. The minimum atomic E-state index is 0.333. The van der Waals surface area contributed by atoms with Crippen LogP contribution in [-0.4, -0.2) is 9.97 Å². The number of pyridine rings is 2. The molecule has 0 fully saturated rings. The number of aromatic nitrogens is 2. The molecule has 0 radical (unpaired) electrons. The number of hydrogen-bond acceptors (Lipinski definition) is 4. The Morgan fingerprint density at radius 3 is 2.84 bits per heavy atom. The van der Waals surface area contributed by atoms with Gasteiger partial charge in [-0.05, 0) is 24.3 Å². The van der Waals surface area contributed by atoms with Gasteiger partial charge in [0.2, 0.25) is 5.88 Å². The maximum Gasteiger partial charge on any atom is 0.242 e.